The number of aromatic nitrogens is 1. The quantitative estimate of drug-likeness (QED) is 0.524. The van der Waals surface area contributed by atoms with Gasteiger partial charge < -0.3 is 4.74 Å². The number of methoxy groups -OCH3 is 1. The van der Waals surface area contributed by atoms with Crippen molar-refractivity contribution in [3.05, 3.63) is 45.4 Å². The van der Waals surface area contributed by atoms with Crippen LogP contribution in [0.5, 0.6) is 5.75 Å². The molecule has 1 aromatic carbocycles. The van der Waals surface area contributed by atoms with Crippen molar-refractivity contribution >= 4 is 59.8 Å². The second kappa shape index (κ2) is 8.19. The molecule has 0 spiro atoms. The lowest BCUT2D eigenvalue weighted by Gasteiger charge is -2.07. The second-order valence-corrected chi connectivity index (χ2v) is 11.1. The highest BCUT2D eigenvalue weighted by atomic mass is 79.9. The molecule has 3 rings (SSSR count). The molecule has 0 radical (unpaired) electrons. The van der Waals surface area contributed by atoms with E-state index in [4.69, 9.17) is 4.74 Å². The van der Waals surface area contributed by atoms with Crippen molar-refractivity contribution < 1.29 is 17.9 Å². The zero-order valence-electron chi connectivity index (χ0n) is 15.1. The molecule has 0 saturated carbocycles. The number of hydrogen-bond donors (Lipinski definition) is 2. The normalized spacial score (nSPS) is 11.3. The van der Waals surface area contributed by atoms with Crippen LogP contribution in [0, 0.1) is 13.8 Å². The van der Waals surface area contributed by atoms with E-state index in [2.05, 4.69) is 26.2 Å². The van der Waals surface area contributed by atoms with E-state index < -0.39 is 16.1 Å². The Bertz CT molecular complexity index is 1140. The molecular formula is C17H16BrN3O4S3. The van der Waals surface area contributed by atoms with Crippen molar-refractivity contribution in [2.75, 3.05) is 12.4 Å². The van der Waals surface area contributed by atoms with Crippen LogP contribution in [0.3, 0.4) is 0 Å². The van der Waals surface area contributed by atoms with Crippen LogP contribution < -0.4 is 14.8 Å². The van der Waals surface area contributed by atoms with Gasteiger partial charge in [0.15, 0.2) is 5.13 Å². The van der Waals surface area contributed by atoms with E-state index in [-0.39, 0.29) is 9.34 Å². The number of thiazole rings is 1. The molecule has 2 amide bonds. The van der Waals surface area contributed by atoms with Crippen LogP contribution in [0.15, 0.2) is 38.5 Å². The smallest absolute Gasteiger partial charge is 0.334 e. The van der Waals surface area contributed by atoms with Gasteiger partial charge in [0.2, 0.25) is 0 Å². The first-order chi connectivity index (χ1) is 13.2. The molecule has 0 saturated heterocycles. The number of nitrogens with one attached hydrogen (secondary N) is 2. The lowest BCUT2D eigenvalue weighted by atomic mass is 10.1. The van der Waals surface area contributed by atoms with Crippen molar-refractivity contribution in [3.63, 3.8) is 0 Å². The van der Waals surface area contributed by atoms with E-state index in [0.29, 0.717) is 5.56 Å². The summed E-state index contributed by atoms with van der Waals surface area (Å²) in [7, 11) is -2.43. The third kappa shape index (κ3) is 4.54. The van der Waals surface area contributed by atoms with Crippen LogP contribution in [0.4, 0.5) is 9.93 Å². The monoisotopic (exact) mass is 501 g/mol. The maximum atomic E-state index is 12.7. The fourth-order valence-corrected chi connectivity index (χ4v) is 6.31. The predicted molar refractivity (Wildman–Crippen MR) is 115 cm³/mol. The Balaban J connectivity index is 1.84. The number of anilines is 1. The van der Waals surface area contributed by atoms with Crippen molar-refractivity contribution in [2.45, 2.75) is 18.1 Å². The van der Waals surface area contributed by atoms with Crippen LogP contribution in [0.25, 0.3) is 10.4 Å². The average Bonchev–Trinajstić information content (AvgIpc) is 3.20. The minimum atomic E-state index is -4.02. The minimum Gasteiger partial charge on any atom is -0.497 e. The number of sulfonamides is 1. The highest BCUT2D eigenvalue weighted by Gasteiger charge is 2.24. The summed E-state index contributed by atoms with van der Waals surface area (Å²) in [6.07, 6.45) is 1.52. The number of carbonyl (C=O) groups is 1. The van der Waals surface area contributed by atoms with Gasteiger partial charge in [-0.05, 0) is 70.7 Å². The number of ether oxygens (including phenoxy) is 1. The molecule has 3 aromatic rings. The van der Waals surface area contributed by atoms with Crippen LogP contribution in [-0.4, -0.2) is 26.5 Å². The number of benzene rings is 1. The van der Waals surface area contributed by atoms with Crippen molar-refractivity contribution in [1.29, 1.82) is 0 Å². The number of thiophene rings is 1. The summed E-state index contributed by atoms with van der Waals surface area (Å²) < 4.78 is 33.4. The van der Waals surface area contributed by atoms with E-state index in [0.717, 1.165) is 36.9 Å². The molecule has 2 aromatic heterocycles. The summed E-state index contributed by atoms with van der Waals surface area (Å²) in [6, 6.07) is 6.52. The lowest BCUT2D eigenvalue weighted by molar-refractivity contribution is 0.256. The fraction of sp³-hybridized carbons (Fsp3) is 0.176. The van der Waals surface area contributed by atoms with Gasteiger partial charge in [-0.3, -0.25) is 5.32 Å². The van der Waals surface area contributed by atoms with E-state index in [1.807, 2.05) is 29.8 Å². The topological polar surface area (TPSA) is 97.4 Å². The number of nitrogens with zero attached hydrogens (tertiary/aromatic N) is 1. The van der Waals surface area contributed by atoms with Gasteiger partial charge in [-0.2, -0.15) is 0 Å². The fourth-order valence-electron chi connectivity index (χ4n) is 2.51. The first-order valence-corrected chi connectivity index (χ1v) is 11.8. The number of aryl methyl sites for hydroxylation is 2. The second-order valence-electron chi connectivity index (χ2n) is 5.79. The van der Waals surface area contributed by atoms with Crippen LogP contribution in [-0.2, 0) is 10.0 Å². The number of amides is 2. The molecule has 0 bridgehead atoms. The first kappa shape index (κ1) is 20.8. The van der Waals surface area contributed by atoms with Gasteiger partial charge in [0.25, 0.3) is 10.0 Å². The molecule has 0 aliphatic rings. The van der Waals surface area contributed by atoms with Crippen molar-refractivity contribution in [3.8, 4) is 16.2 Å². The Morgan fingerprint density at radius 1 is 1.18 bits per heavy atom. The number of carbonyl (C=O) groups excluding carboxylic acids is 1. The minimum absolute atomic E-state index is 0.0909. The molecule has 11 heteroatoms. The summed E-state index contributed by atoms with van der Waals surface area (Å²) in [4.78, 5) is 16.8. The maximum Gasteiger partial charge on any atom is 0.334 e. The SMILES string of the molecule is COc1ccc(-c2cc(C)c(S(=O)(=O)NC(=O)Nc3ncc(Br)s3)s2)c(C)c1. The molecule has 0 atom stereocenters. The largest absolute Gasteiger partial charge is 0.497 e. The van der Waals surface area contributed by atoms with Crippen LogP contribution in [0.2, 0.25) is 0 Å². The number of urea groups is 1. The number of hydrogen-bond acceptors (Lipinski definition) is 7. The number of rotatable bonds is 5. The molecular weight excluding hydrogens is 486 g/mol. The van der Waals surface area contributed by atoms with Gasteiger partial charge in [-0.15, -0.1) is 11.3 Å². The maximum absolute atomic E-state index is 12.7. The molecule has 0 fully saturated rings. The first-order valence-electron chi connectivity index (χ1n) is 7.90. The molecule has 28 heavy (non-hydrogen) atoms. The average molecular weight is 502 g/mol. The van der Waals surface area contributed by atoms with Gasteiger partial charge >= 0.3 is 6.03 Å². The summed E-state index contributed by atoms with van der Waals surface area (Å²) >= 11 is 5.52. The highest BCUT2D eigenvalue weighted by molar-refractivity contribution is 9.11. The highest BCUT2D eigenvalue weighted by Crippen LogP contribution is 2.36. The van der Waals surface area contributed by atoms with Gasteiger partial charge in [0.05, 0.1) is 17.1 Å². The lowest BCUT2D eigenvalue weighted by Crippen LogP contribution is -2.34. The molecule has 0 aliphatic heterocycles. The van der Waals surface area contributed by atoms with Crippen molar-refractivity contribution in [2.24, 2.45) is 0 Å². The van der Waals surface area contributed by atoms with E-state index >= 15 is 0 Å². The molecule has 2 heterocycles. The van der Waals surface area contributed by atoms with Crippen molar-refractivity contribution in [1.82, 2.24) is 9.71 Å². The molecule has 7 nitrogen and oxygen atoms in total. The summed E-state index contributed by atoms with van der Waals surface area (Å²) in [5.41, 5.74) is 2.43. The van der Waals surface area contributed by atoms with E-state index in [1.165, 1.54) is 17.5 Å². The summed E-state index contributed by atoms with van der Waals surface area (Å²) in [5.74, 6) is 0.731. The molecule has 0 aliphatic carbocycles. The van der Waals surface area contributed by atoms with E-state index in [1.54, 1.807) is 20.1 Å². The Hall–Kier alpha value is -1.95. The summed E-state index contributed by atoms with van der Waals surface area (Å²) in [6.45, 7) is 3.63. The standard InChI is InChI=1S/C17H16BrN3O4S3/c1-9-6-11(25-3)4-5-12(9)13-7-10(2)15(26-13)28(23,24)21-16(22)20-17-19-8-14(18)27-17/h4-8H,1-3H3,(H2,19,20,21,22). The predicted octanol–water partition coefficient (Wildman–Crippen LogP) is 4.77. The third-order valence-electron chi connectivity index (χ3n) is 3.74. The van der Waals surface area contributed by atoms with Gasteiger partial charge in [0, 0.05) is 4.88 Å². The van der Waals surface area contributed by atoms with Gasteiger partial charge in [-0.1, -0.05) is 11.3 Å². The molecule has 0 unspecified atom stereocenters. The molecule has 2 N–H and O–H groups in total. The zero-order chi connectivity index (χ0) is 20.5. The van der Waals surface area contributed by atoms with E-state index in [9.17, 15) is 13.2 Å². The molecule has 148 valence electrons. The summed E-state index contributed by atoms with van der Waals surface area (Å²) in [5, 5.41) is 2.70. The van der Waals surface area contributed by atoms with Crippen LogP contribution in [0.1, 0.15) is 11.1 Å². The number of halogens is 1. The zero-order valence-corrected chi connectivity index (χ0v) is 19.1. The van der Waals surface area contributed by atoms with Gasteiger partial charge in [-0.25, -0.2) is 22.9 Å². The Kier molecular flexibility index (Phi) is 6.08. The Morgan fingerprint density at radius 3 is 2.54 bits per heavy atom. The van der Waals surface area contributed by atoms with Gasteiger partial charge in [0.1, 0.15) is 9.96 Å². The Morgan fingerprint density at radius 2 is 1.93 bits per heavy atom. The third-order valence-corrected chi connectivity index (χ3v) is 8.37. The Labute approximate surface area is 179 Å². The van der Waals surface area contributed by atoms with Crippen LogP contribution >= 0.6 is 38.6 Å².